The van der Waals surface area contributed by atoms with E-state index in [1.54, 1.807) is 53.4 Å². The van der Waals surface area contributed by atoms with Gasteiger partial charge in [-0.3, -0.25) is 9.59 Å². The molecule has 0 aliphatic carbocycles. The Labute approximate surface area is 250 Å². The molecule has 0 radical (unpaired) electrons. The van der Waals surface area contributed by atoms with Crippen LogP contribution in [0.15, 0.2) is 60.7 Å². The Kier molecular flexibility index (Phi) is 10.1. The molecule has 224 valence electrons. The highest BCUT2D eigenvalue weighted by Gasteiger charge is 2.40. The van der Waals surface area contributed by atoms with Crippen LogP contribution in [0, 0.1) is 11.2 Å². The largest absolute Gasteiger partial charge is 0.492 e. The van der Waals surface area contributed by atoms with Gasteiger partial charge in [0.2, 0.25) is 5.91 Å². The van der Waals surface area contributed by atoms with Crippen molar-refractivity contribution in [2.75, 3.05) is 31.7 Å². The standard InChI is InChI=1S/C32H37ClFN3O5/c1-32(2,3)19-37-25-13-12-21(33)16-23(25)29(22-9-7-11-26(30(22)40-4)41-15-14-35)42-27(31(37)39)17-28(38)36-18-20-8-5-6-10-24(20)34/h5-13,16,27,29H,14-15,17-19,35H2,1-4H3,(H,36,38)/t27-,29-/m0/s1. The number of hydrogen-bond donors (Lipinski definition) is 2. The molecular weight excluding hydrogens is 561 g/mol. The number of fused-ring (bicyclic) bond motifs is 1. The molecule has 10 heteroatoms. The lowest BCUT2D eigenvalue weighted by Crippen LogP contribution is -2.45. The Morgan fingerprint density at radius 2 is 1.88 bits per heavy atom. The van der Waals surface area contributed by atoms with Crippen molar-refractivity contribution in [3.05, 3.63) is 88.2 Å². The second-order valence-electron chi connectivity index (χ2n) is 11.3. The van der Waals surface area contributed by atoms with Crippen LogP contribution in [-0.4, -0.2) is 44.7 Å². The van der Waals surface area contributed by atoms with E-state index in [2.05, 4.69) is 5.32 Å². The molecule has 0 saturated heterocycles. The van der Waals surface area contributed by atoms with E-state index in [-0.39, 0.29) is 30.9 Å². The number of nitrogens with one attached hydrogen (secondary N) is 1. The Morgan fingerprint density at radius 1 is 1.12 bits per heavy atom. The van der Waals surface area contributed by atoms with Crippen molar-refractivity contribution in [1.29, 1.82) is 0 Å². The zero-order chi connectivity index (χ0) is 30.4. The fourth-order valence-electron chi connectivity index (χ4n) is 4.90. The number of nitrogens with zero attached hydrogens (tertiary/aromatic N) is 1. The Balaban J connectivity index is 1.76. The van der Waals surface area contributed by atoms with E-state index >= 15 is 0 Å². The summed E-state index contributed by atoms with van der Waals surface area (Å²) in [7, 11) is 1.52. The summed E-state index contributed by atoms with van der Waals surface area (Å²) in [6.07, 6.45) is -2.28. The summed E-state index contributed by atoms with van der Waals surface area (Å²) in [5.41, 5.74) is 7.57. The van der Waals surface area contributed by atoms with Crippen LogP contribution in [0.2, 0.25) is 5.02 Å². The maximum Gasteiger partial charge on any atom is 0.256 e. The normalized spacial score (nSPS) is 16.9. The van der Waals surface area contributed by atoms with Crippen LogP contribution in [-0.2, 0) is 20.9 Å². The van der Waals surface area contributed by atoms with Gasteiger partial charge in [0, 0.05) is 47.0 Å². The summed E-state index contributed by atoms with van der Waals surface area (Å²) >= 11 is 6.48. The highest BCUT2D eigenvalue weighted by Crippen LogP contribution is 2.45. The van der Waals surface area contributed by atoms with E-state index in [4.69, 9.17) is 31.5 Å². The van der Waals surface area contributed by atoms with E-state index in [1.165, 1.54) is 13.2 Å². The summed E-state index contributed by atoms with van der Waals surface area (Å²) in [5, 5.41) is 3.18. The van der Waals surface area contributed by atoms with E-state index < -0.39 is 23.9 Å². The van der Waals surface area contributed by atoms with Crippen molar-refractivity contribution in [3.8, 4) is 11.5 Å². The first-order chi connectivity index (χ1) is 20.0. The summed E-state index contributed by atoms with van der Waals surface area (Å²) in [6.45, 7) is 7.00. The molecule has 0 spiro atoms. The van der Waals surface area contributed by atoms with Crippen LogP contribution in [0.3, 0.4) is 0 Å². The molecule has 0 bridgehead atoms. The van der Waals surface area contributed by atoms with Crippen molar-refractivity contribution >= 4 is 29.1 Å². The zero-order valence-corrected chi connectivity index (χ0v) is 25.0. The van der Waals surface area contributed by atoms with Crippen LogP contribution in [0.1, 0.15) is 50.0 Å². The van der Waals surface area contributed by atoms with Gasteiger partial charge in [-0.15, -0.1) is 0 Å². The molecule has 2 amide bonds. The summed E-state index contributed by atoms with van der Waals surface area (Å²) in [4.78, 5) is 28.9. The predicted molar refractivity (Wildman–Crippen MR) is 160 cm³/mol. The first-order valence-corrected chi connectivity index (χ1v) is 14.2. The van der Waals surface area contributed by atoms with Gasteiger partial charge in [0.05, 0.1) is 13.5 Å². The third-order valence-electron chi connectivity index (χ3n) is 6.71. The molecule has 8 nitrogen and oxygen atoms in total. The molecule has 0 saturated carbocycles. The molecule has 3 aromatic rings. The molecule has 42 heavy (non-hydrogen) atoms. The molecule has 1 aliphatic rings. The van der Waals surface area contributed by atoms with Crippen LogP contribution >= 0.6 is 11.6 Å². The number of carbonyl (C=O) groups excluding carboxylic acids is 2. The first-order valence-electron chi connectivity index (χ1n) is 13.8. The van der Waals surface area contributed by atoms with Crippen LogP contribution in [0.25, 0.3) is 0 Å². The minimum atomic E-state index is -1.16. The quantitative estimate of drug-likeness (QED) is 0.324. The van der Waals surface area contributed by atoms with Gasteiger partial charge in [0.1, 0.15) is 24.6 Å². The van der Waals surface area contributed by atoms with E-state index in [1.807, 2.05) is 26.8 Å². The number of hydrogen-bond acceptors (Lipinski definition) is 6. The summed E-state index contributed by atoms with van der Waals surface area (Å²) in [5.74, 6) is -0.365. The van der Waals surface area contributed by atoms with Gasteiger partial charge >= 0.3 is 0 Å². The Hall–Kier alpha value is -3.66. The number of anilines is 1. The first kappa shape index (κ1) is 31.3. The van der Waals surface area contributed by atoms with Gasteiger partial charge in [0.25, 0.3) is 5.91 Å². The van der Waals surface area contributed by atoms with E-state index in [0.717, 1.165) is 0 Å². The third kappa shape index (κ3) is 7.40. The number of ether oxygens (including phenoxy) is 3. The maximum atomic E-state index is 14.2. The van der Waals surface area contributed by atoms with E-state index in [0.29, 0.717) is 52.0 Å². The maximum absolute atomic E-state index is 14.2. The molecular formula is C32H37ClFN3O5. The molecule has 4 rings (SSSR count). The fraction of sp³-hybridized carbons (Fsp3) is 0.375. The summed E-state index contributed by atoms with van der Waals surface area (Å²) in [6, 6.07) is 16.9. The fourth-order valence-corrected chi connectivity index (χ4v) is 5.08. The third-order valence-corrected chi connectivity index (χ3v) is 6.95. The summed E-state index contributed by atoms with van der Waals surface area (Å²) < 4.78 is 32.3. The van der Waals surface area contributed by atoms with Gasteiger partial charge < -0.3 is 30.2 Å². The number of amides is 2. The van der Waals surface area contributed by atoms with Crippen molar-refractivity contribution in [2.24, 2.45) is 11.1 Å². The SMILES string of the molecule is COc1c(OCCN)cccc1[C@@H]1O[C@@H](CC(=O)NCc2ccccc2F)C(=O)N(CC(C)(C)C)c2ccc(Cl)cc21. The minimum Gasteiger partial charge on any atom is -0.492 e. The Bertz CT molecular complexity index is 1430. The van der Waals surface area contributed by atoms with Crippen molar-refractivity contribution in [2.45, 2.75) is 45.9 Å². The topological polar surface area (TPSA) is 103 Å². The number of halogens is 2. The highest BCUT2D eigenvalue weighted by molar-refractivity contribution is 6.30. The Morgan fingerprint density at radius 3 is 2.57 bits per heavy atom. The van der Waals surface area contributed by atoms with Crippen LogP contribution in [0.4, 0.5) is 10.1 Å². The average Bonchev–Trinajstić information content (AvgIpc) is 3.05. The van der Waals surface area contributed by atoms with Gasteiger partial charge in [-0.2, -0.15) is 0 Å². The molecule has 1 aliphatic heterocycles. The molecule has 1 heterocycles. The van der Waals surface area contributed by atoms with E-state index in [9.17, 15) is 14.0 Å². The average molecular weight is 598 g/mol. The van der Waals surface area contributed by atoms with Crippen LogP contribution < -0.4 is 25.4 Å². The second kappa shape index (κ2) is 13.5. The van der Waals surface area contributed by atoms with Gasteiger partial charge in [-0.05, 0) is 35.7 Å². The van der Waals surface area contributed by atoms with Gasteiger partial charge in [-0.25, -0.2) is 4.39 Å². The van der Waals surface area contributed by atoms with Crippen LogP contribution in [0.5, 0.6) is 11.5 Å². The minimum absolute atomic E-state index is 0.0221. The molecule has 2 atom stereocenters. The smallest absolute Gasteiger partial charge is 0.256 e. The highest BCUT2D eigenvalue weighted by atomic mass is 35.5. The lowest BCUT2D eigenvalue weighted by atomic mass is 9.94. The van der Waals surface area contributed by atoms with Crippen molar-refractivity contribution < 1.29 is 28.2 Å². The number of carbonyl (C=O) groups is 2. The monoisotopic (exact) mass is 597 g/mol. The molecule has 3 aromatic carbocycles. The molecule has 3 N–H and O–H groups in total. The van der Waals surface area contributed by atoms with Crippen molar-refractivity contribution in [1.82, 2.24) is 5.32 Å². The lowest BCUT2D eigenvalue weighted by molar-refractivity contribution is -0.138. The molecule has 0 fully saturated rings. The number of rotatable bonds is 10. The zero-order valence-electron chi connectivity index (χ0n) is 24.3. The van der Waals surface area contributed by atoms with Gasteiger partial charge in [-0.1, -0.05) is 62.7 Å². The molecule has 0 unspecified atom stereocenters. The number of para-hydroxylation sites is 1. The lowest BCUT2D eigenvalue weighted by Gasteiger charge is -2.31. The molecule has 0 aromatic heterocycles. The predicted octanol–water partition coefficient (Wildman–Crippen LogP) is 5.40. The second-order valence-corrected chi connectivity index (χ2v) is 11.7. The van der Waals surface area contributed by atoms with Gasteiger partial charge in [0.15, 0.2) is 11.5 Å². The number of methoxy groups -OCH3 is 1. The number of nitrogens with two attached hydrogens (primary N) is 1. The number of benzene rings is 3. The van der Waals surface area contributed by atoms with Crippen molar-refractivity contribution in [3.63, 3.8) is 0 Å².